The summed E-state index contributed by atoms with van der Waals surface area (Å²) >= 11 is 0. The minimum absolute atomic E-state index is 0.0256. The van der Waals surface area contributed by atoms with Crippen molar-refractivity contribution in [3.8, 4) is 0 Å². The number of carbonyl (C=O) groups is 1. The van der Waals surface area contributed by atoms with Crippen LogP contribution < -0.4 is 21.2 Å². The van der Waals surface area contributed by atoms with Gasteiger partial charge in [0.25, 0.3) is 0 Å². The van der Waals surface area contributed by atoms with E-state index in [1.807, 2.05) is 6.92 Å². The molecule has 0 saturated carbocycles. The molecule has 182 valence electrons. The molecule has 3 aromatic rings. The van der Waals surface area contributed by atoms with Gasteiger partial charge in [0.05, 0.1) is 0 Å². The van der Waals surface area contributed by atoms with Crippen LogP contribution in [0, 0.1) is 0 Å². The summed E-state index contributed by atoms with van der Waals surface area (Å²) in [6, 6.07) is 33.3. The van der Waals surface area contributed by atoms with Crippen molar-refractivity contribution in [2.75, 3.05) is 12.7 Å². The summed E-state index contributed by atoms with van der Waals surface area (Å²) in [6.45, 7) is 5.90. The second-order valence-electron chi connectivity index (χ2n) is 8.80. The second-order valence-corrected chi connectivity index (χ2v) is 12.8. The molecular weight excluding hydrogens is 447 g/mol. The molecule has 4 heteroatoms. The third kappa shape index (κ3) is 7.34. The van der Waals surface area contributed by atoms with Gasteiger partial charge in [-0.1, -0.05) is 0 Å². The molecule has 0 aliphatic heterocycles. The number of unbranched alkanes of at least 4 members (excludes halogenated alkanes) is 3. The number of hydrogen-bond acceptors (Lipinski definition) is 2. The first-order valence-electron chi connectivity index (χ1n) is 12.4. The Morgan fingerprint density at radius 3 is 1.77 bits per heavy atom. The monoisotopic (exact) mass is 484 g/mol. The van der Waals surface area contributed by atoms with Crippen molar-refractivity contribution in [2.24, 2.45) is 4.99 Å². The molecule has 3 nitrogen and oxygen atoms in total. The average Bonchev–Trinajstić information content (AvgIpc) is 2.92. The summed E-state index contributed by atoms with van der Waals surface area (Å²) in [5.74, 6) is -0.0256. The normalized spacial score (nSPS) is 12.4. The molecule has 35 heavy (non-hydrogen) atoms. The summed E-state index contributed by atoms with van der Waals surface area (Å²) < 4.78 is 0. The first-order chi connectivity index (χ1) is 17.2. The fourth-order valence-corrected chi connectivity index (χ4v) is 9.57. The van der Waals surface area contributed by atoms with Crippen LogP contribution in [0.2, 0.25) is 0 Å². The fourth-order valence-electron chi connectivity index (χ4n) is 4.63. The zero-order chi connectivity index (χ0) is 24.8. The van der Waals surface area contributed by atoms with Crippen LogP contribution in [-0.4, -0.2) is 25.3 Å². The van der Waals surface area contributed by atoms with Gasteiger partial charge in [0.15, 0.2) is 0 Å². The van der Waals surface area contributed by atoms with Gasteiger partial charge in [-0.15, -0.1) is 0 Å². The van der Waals surface area contributed by atoms with Crippen molar-refractivity contribution in [3.63, 3.8) is 0 Å². The van der Waals surface area contributed by atoms with Gasteiger partial charge >= 0.3 is 199 Å². The molecule has 3 aromatic carbocycles. The predicted octanol–water partition coefficient (Wildman–Crippen LogP) is 5.55. The quantitative estimate of drug-likeness (QED) is 0.112. The fraction of sp³-hybridized carbons (Fsp3) is 0.226. The topological polar surface area (TPSA) is 41.5 Å². The van der Waals surface area contributed by atoms with Gasteiger partial charge in [0, 0.05) is 0 Å². The van der Waals surface area contributed by atoms with E-state index in [-0.39, 0.29) is 5.91 Å². The number of nitrogens with zero attached hydrogens (tertiary/aromatic N) is 1. The van der Waals surface area contributed by atoms with E-state index < -0.39 is 7.26 Å². The van der Waals surface area contributed by atoms with Crippen LogP contribution in [0.4, 0.5) is 0 Å². The van der Waals surface area contributed by atoms with Gasteiger partial charge in [0.2, 0.25) is 0 Å². The van der Waals surface area contributed by atoms with Crippen LogP contribution in [0.5, 0.6) is 0 Å². The molecule has 0 heterocycles. The SMILES string of the molecule is C=N/C=C\C=C(/C)C(=O)NCCCCCC[PH](c1ccccc1)(c1ccccc1)c1ccccc1. The van der Waals surface area contributed by atoms with Crippen molar-refractivity contribution in [1.82, 2.24) is 5.32 Å². The van der Waals surface area contributed by atoms with Crippen LogP contribution >= 0.6 is 7.26 Å². The first-order valence-corrected chi connectivity index (χ1v) is 14.6. The van der Waals surface area contributed by atoms with Gasteiger partial charge in [-0.2, -0.15) is 0 Å². The van der Waals surface area contributed by atoms with Crippen molar-refractivity contribution in [1.29, 1.82) is 0 Å². The van der Waals surface area contributed by atoms with E-state index in [0.717, 1.165) is 25.7 Å². The molecule has 3 rings (SSSR count). The second kappa shape index (κ2) is 14.2. The van der Waals surface area contributed by atoms with Crippen LogP contribution in [0.15, 0.2) is 120 Å². The number of rotatable bonds is 13. The van der Waals surface area contributed by atoms with E-state index in [1.165, 1.54) is 22.1 Å². The first kappa shape index (κ1) is 26.3. The molecule has 0 aliphatic carbocycles. The van der Waals surface area contributed by atoms with E-state index in [2.05, 4.69) is 108 Å². The summed E-state index contributed by atoms with van der Waals surface area (Å²) in [5.41, 5.74) is 0.675. The van der Waals surface area contributed by atoms with E-state index in [4.69, 9.17) is 0 Å². The zero-order valence-electron chi connectivity index (χ0n) is 20.7. The van der Waals surface area contributed by atoms with Gasteiger partial charge in [-0.05, 0) is 6.72 Å². The molecule has 0 unspecified atom stereocenters. The molecule has 1 amide bonds. The number of aliphatic imine (C=N–C) groups is 1. The Balaban J connectivity index is 1.65. The van der Waals surface area contributed by atoms with Crippen LogP contribution in [0.1, 0.15) is 32.6 Å². The Bertz CT molecular complexity index is 1010. The zero-order valence-corrected chi connectivity index (χ0v) is 21.7. The molecular formula is C31H37N2OP. The molecule has 0 spiro atoms. The Labute approximate surface area is 211 Å². The molecule has 1 N–H and O–H groups in total. The van der Waals surface area contributed by atoms with E-state index in [9.17, 15) is 4.79 Å². The maximum absolute atomic E-state index is 12.2. The van der Waals surface area contributed by atoms with Gasteiger partial charge in [-0.3, -0.25) is 4.99 Å². The summed E-state index contributed by atoms with van der Waals surface area (Å²) in [4.78, 5) is 15.8. The molecule has 0 atom stereocenters. The molecule has 0 bridgehead atoms. The molecule has 0 aliphatic rings. The van der Waals surface area contributed by atoms with Crippen LogP contribution in [-0.2, 0) is 4.79 Å². The summed E-state index contributed by atoms with van der Waals surface area (Å²) in [6.07, 6.45) is 10.6. The molecule has 0 fully saturated rings. The number of nitrogens with one attached hydrogen (secondary N) is 1. The molecule has 0 saturated heterocycles. The van der Waals surface area contributed by atoms with Crippen LogP contribution in [0.25, 0.3) is 0 Å². The molecule has 0 aromatic heterocycles. The predicted molar refractivity (Wildman–Crippen MR) is 155 cm³/mol. The average molecular weight is 485 g/mol. The number of amides is 1. The van der Waals surface area contributed by atoms with Crippen LogP contribution in [0.3, 0.4) is 0 Å². The summed E-state index contributed by atoms with van der Waals surface area (Å²) in [7, 11) is -2.14. The van der Waals surface area contributed by atoms with Gasteiger partial charge < -0.3 is 0 Å². The Morgan fingerprint density at radius 1 is 0.800 bits per heavy atom. The van der Waals surface area contributed by atoms with E-state index in [0.29, 0.717) is 12.1 Å². The Hall–Kier alpha value is -3.29. The minimum atomic E-state index is -2.14. The van der Waals surface area contributed by atoms with Gasteiger partial charge in [-0.25, -0.2) is 0 Å². The van der Waals surface area contributed by atoms with E-state index >= 15 is 0 Å². The Kier molecular flexibility index (Phi) is 10.7. The van der Waals surface area contributed by atoms with Crippen molar-refractivity contribution < 1.29 is 4.79 Å². The number of carbonyl (C=O) groups excluding carboxylic acids is 1. The van der Waals surface area contributed by atoms with Crippen molar-refractivity contribution >= 4 is 35.8 Å². The molecule has 0 radical (unpaired) electrons. The number of allylic oxidation sites excluding steroid dienone is 2. The third-order valence-corrected chi connectivity index (χ3v) is 11.5. The number of benzene rings is 3. The maximum atomic E-state index is 12.2. The van der Waals surface area contributed by atoms with Gasteiger partial charge in [0.1, 0.15) is 0 Å². The van der Waals surface area contributed by atoms with Crippen molar-refractivity contribution in [3.05, 3.63) is 115 Å². The third-order valence-electron chi connectivity index (χ3n) is 6.46. The van der Waals surface area contributed by atoms with E-state index in [1.54, 1.807) is 18.4 Å². The summed E-state index contributed by atoms with van der Waals surface area (Å²) in [5, 5.41) is 7.41. The number of hydrogen-bond donors (Lipinski definition) is 1. The Morgan fingerprint density at radius 2 is 1.29 bits per heavy atom. The van der Waals surface area contributed by atoms with Crippen molar-refractivity contribution in [2.45, 2.75) is 32.6 Å². The standard InChI is InChI=1S/C31H37N2OP/c1-27(17-16-24-32-2)31(34)33-25-14-3-4-15-26-35(28-18-8-5-9-19-28,29-20-10-6-11-21-29)30-22-12-7-13-23-30/h5-13,16-24,35H,2-4,14-15,25-26H2,1H3,(H,33,34)/b24-16-,27-17+.